The fourth-order valence-corrected chi connectivity index (χ4v) is 2.63. The van der Waals surface area contributed by atoms with Gasteiger partial charge in [0.15, 0.2) is 0 Å². The van der Waals surface area contributed by atoms with Crippen LogP contribution in [0.2, 0.25) is 5.02 Å². The number of thiazole rings is 1. The molecule has 2 aromatic rings. The fourth-order valence-electron chi connectivity index (χ4n) is 1.46. The van der Waals surface area contributed by atoms with Gasteiger partial charge in [0.05, 0.1) is 6.61 Å². The lowest BCUT2D eigenvalue weighted by Crippen LogP contribution is -3.00. The number of fused-ring (bicyclic) bond motifs is 1. The molecule has 0 fully saturated rings. The zero-order valence-electron chi connectivity index (χ0n) is 9.15. The summed E-state index contributed by atoms with van der Waals surface area (Å²) >= 11 is 7.45. The highest BCUT2D eigenvalue weighted by Crippen LogP contribution is 2.20. The number of nitrogens with zero attached hydrogens (tertiary/aromatic N) is 1. The minimum absolute atomic E-state index is 0. The monoisotopic (exact) mass is 335 g/mol. The maximum atomic E-state index is 11.4. The largest absolute Gasteiger partial charge is 1.00 e. The van der Waals surface area contributed by atoms with Crippen LogP contribution in [0.15, 0.2) is 23.7 Å². The SMILES string of the molecule is CCOC(=O)C[n+]1csc2cc(Cl)ccc21.[Br-]. The number of hydrogen-bond donors (Lipinski definition) is 0. The van der Waals surface area contributed by atoms with Crippen molar-refractivity contribution in [3.8, 4) is 0 Å². The Morgan fingerprint density at radius 1 is 1.53 bits per heavy atom. The molecule has 0 unspecified atom stereocenters. The normalized spacial score (nSPS) is 10.0. The number of aromatic nitrogens is 1. The van der Waals surface area contributed by atoms with E-state index in [0.717, 1.165) is 10.2 Å². The third-order valence-corrected chi connectivity index (χ3v) is 3.32. The van der Waals surface area contributed by atoms with Crippen LogP contribution in [-0.4, -0.2) is 12.6 Å². The van der Waals surface area contributed by atoms with Crippen molar-refractivity contribution in [3.05, 3.63) is 28.7 Å². The number of hydrogen-bond acceptors (Lipinski definition) is 3. The average Bonchev–Trinajstić information content (AvgIpc) is 2.61. The van der Waals surface area contributed by atoms with Gasteiger partial charge in [0.1, 0.15) is 4.70 Å². The molecule has 0 radical (unpaired) electrons. The minimum Gasteiger partial charge on any atom is -1.00 e. The highest BCUT2D eigenvalue weighted by atomic mass is 79.9. The maximum absolute atomic E-state index is 11.4. The summed E-state index contributed by atoms with van der Waals surface area (Å²) in [5, 5.41) is 0.706. The van der Waals surface area contributed by atoms with E-state index in [2.05, 4.69) is 0 Å². The highest BCUT2D eigenvalue weighted by molar-refractivity contribution is 7.16. The van der Waals surface area contributed by atoms with Crippen molar-refractivity contribution in [2.75, 3.05) is 6.61 Å². The van der Waals surface area contributed by atoms with Crippen molar-refractivity contribution < 1.29 is 31.1 Å². The molecule has 0 aliphatic carbocycles. The molecule has 0 atom stereocenters. The van der Waals surface area contributed by atoms with E-state index in [-0.39, 0.29) is 29.5 Å². The summed E-state index contributed by atoms with van der Waals surface area (Å²) in [6, 6.07) is 5.62. The van der Waals surface area contributed by atoms with Gasteiger partial charge in [-0.05, 0) is 19.1 Å². The van der Waals surface area contributed by atoms with Gasteiger partial charge in [0.25, 0.3) is 0 Å². The first-order valence-electron chi connectivity index (χ1n) is 4.92. The van der Waals surface area contributed by atoms with Crippen LogP contribution >= 0.6 is 22.9 Å². The Kier molecular flexibility index (Phi) is 5.36. The average molecular weight is 337 g/mol. The lowest BCUT2D eigenvalue weighted by molar-refractivity contribution is -0.655. The third-order valence-electron chi connectivity index (χ3n) is 2.14. The third kappa shape index (κ3) is 3.40. The molecule has 0 aliphatic rings. The number of carbonyl (C=O) groups is 1. The van der Waals surface area contributed by atoms with Gasteiger partial charge < -0.3 is 21.7 Å². The van der Waals surface area contributed by atoms with E-state index in [4.69, 9.17) is 16.3 Å². The zero-order chi connectivity index (χ0) is 11.5. The molecule has 17 heavy (non-hydrogen) atoms. The van der Waals surface area contributed by atoms with E-state index in [0.29, 0.717) is 11.6 Å². The van der Waals surface area contributed by atoms with Crippen LogP contribution in [0, 0.1) is 0 Å². The van der Waals surface area contributed by atoms with Crippen molar-refractivity contribution in [1.29, 1.82) is 0 Å². The summed E-state index contributed by atoms with van der Waals surface area (Å²) in [6.45, 7) is 2.46. The van der Waals surface area contributed by atoms with Gasteiger partial charge in [-0.1, -0.05) is 22.9 Å². The van der Waals surface area contributed by atoms with Crippen LogP contribution in [0.25, 0.3) is 10.2 Å². The van der Waals surface area contributed by atoms with Crippen LogP contribution in [0.4, 0.5) is 0 Å². The molecule has 0 saturated carbocycles. The van der Waals surface area contributed by atoms with Crippen molar-refractivity contribution in [2.45, 2.75) is 13.5 Å². The van der Waals surface area contributed by atoms with Gasteiger partial charge in [-0.25, -0.2) is 4.79 Å². The summed E-state index contributed by atoms with van der Waals surface area (Å²) in [5.41, 5.74) is 2.90. The number of ether oxygens (including phenoxy) is 1. The number of benzene rings is 1. The van der Waals surface area contributed by atoms with E-state index in [1.165, 1.54) is 0 Å². The summed E-state index contributed by atoms with van der Waals surface area (Å²) < 4.78 is 7.84. The Labute approximate surface area is 119 Å². The summed E-state index contributed by atoms with van der Waals surface area (Å²) in [6.07, 6.45) is 0. The molecule has 0 aliphatic heterocycles. The standard InChI is InChI=1S/C11H11ClNO2S.BrH/c1-2-15-11(14)6-13-7-16-10-5-8(12)3-4-9(10)13;/h3-5,7H,2,6H2,1H3;1H/q+1;/p-1. The van der Waals surface area contributed by atoms with Crippen molar-refractivity contribution in [2.24, 2.45) is 0 Å². The van der Waals surface area contributed by atoms with E-state index >= 15 is 0 Å². The molecule has 0 bridgehead atoms. The molecular weight excluding hydrogens is 326 g/mol. The van der Waals surface area contributed by atoms with Gasteiger partial charge in [-0.2, -0.15) is 4.57 Å². The minimum atomic E-state index is -0.220. The zero-order valence-corrected chi connectivity index (χ0v) is 12.3. The Bertz CT molecular complexity index is 529. The molecule has 1 aromatic heterocycles. The second-order valence-electron chi connectivity index (χ2n) is 3.27. The van der Waals surface area contributed by atoms with Crippen molar-refractivity contribution >= 4 is 39.1 Å². The molecule has 1 aromatic carbocycles. The quantitative estimate of drug-likeness (QED) is 0.554. The predicted octanol–water partition coefficient (Wildman–Crippen LogP) is -0.591. The first-order valence-corrected chi connectivity index (χ1v) is 6.18. The number of esters is 1. The van der Waals surface area contributed by atoms with E-state index < -0.39 is 0 Å². The Morgan fingerprint density at radius 2 is 2.29 bits per heavy atom. The van der Waals surface area contributed by atoms with Crippen LogP contribution in [0.1, 0.15) is 6.92 Å². The summed E-state index contributed by atoms with van der Waals surface area (Å²) in [4.78, 5) is 11.4. The van der Waals surface area contributed by atoms with Crippen LogP contribution in [0.3, 0.4) is 0 Å². The smallest absolute Gasteiger partial charge is 0.372 e. The summed E-state index contributed by atoms with van der Waals surface area (Å²) in [7, 11) is 0. The lowest BCUT2D eigenvalue weighted by atomic mass is 10.3. The molecule has 2 rings (SSSR count). The number of rotatable bonds is 3. The fraction of sp³-hybridized carbons (Fsp3) is 0.273. The van der Waals surface area contributed by atoms with E-state index in [1.807, 2.05) is 28.3 Å². The van der Waals surface area contributed by atoms with Gasteiger partial charge >= 0.3 is 5.97 Å². The second kappa shape index (κ2) is 6.33. The summed E-state index contributed by atoms with van der Waals surface area (Å²) in [5.74, 6) is -0.220. The predicted molar refractivity (Wildman–Crippen MR) is 63.7 cm³/mol. The topological polar surface area (TPSA) is 30.2 Å². The second-order valence-corrected chi connectivity index (χ2v) is 4.59. The molecule has 0 amide bonds. The molecule has 0 N–H and O–H groups in total. The van der Waals surface area contributed by atoms with Crippen LogP contribution < -0.4 is 21.5 Å². The van der Waals surface area contributed by atoms with Gasteiger partial charge in [-0.15, -0.1) is 0 Å². The van der Waals surface area contributed by atoms with E-state index in [9.17, 15) is 4.79 Å². The molecule has 6 heteroatoms. The highest BCUT2D eigenvalue weighted by Gasteiger charge is 2.16. The Hall–Kier alpha value is -0.650. The molecule has 0 saturated heterocycles. The van der Waals surface area contributed by atoms with Crippen molar-refractivity contribution in [3.63, 3.8) is 0 Å². The van der Waals surface area contributed by atoms with Gasteiger partial charge in [0.2, 0.25) is 17.6 Å². The van der Waals surface area contributed by atoms with Crippen LogP contribution in [0.5, 0.6) is 0 Å². The molecule has 1 heterocycles. The molecule has 3 nitrogen and oxygen atoms in total. The van der Waals surface area contributed by atoms with Crippen LogP contribution in [-0.2, 0) is 16.1 Å². The molecule has 0 spiro atoms. The first-order chi connectivity index (χ1) is 7.70. The lowest BCUT2D eigenvalue weighted by Gasteiger charge is -1.96. The van der Waals surface area contributed by atoms with Crippen molar-refractivity contribution in [1.82, 2.24) is 0 Å². The molecular formula is C11H11BrClNO2S. The molecule has 92 valence electrons. The Balaban J connectivity index is 0.00000144. The van der Waals surface area contributed by atoms with E-state index in [1.54, 1.807) is 18.3 Å². The number of halogens is 2. The van der Waals surface area contributed by atoms with Gasteiger partial charge in [0, 0.05) is 11.1 Å². The Morgan fingerprint density at radius 3 is 3.00 bits per heavy atom. The first kappa shape index (κ1) is 14.4. The number of carbonyl (C=O) groups excluding carboxylic acids is 1. The maximum Gasteiger partial charge on any atom is 0.372 e. The van der Waals surface area contributed by atoms with Gasteiger partial charge in [-0.3, -0.25) is 0 Å².